The number of nitrogens with two attached hydrogens (primary N) is 1. The Balaban J connectivity index is 1.51. The molecule has 3 N–H and O–H groups in total. The highest BCUT2D eigenvalue weighted by molar-refractivity contribution is 7.21. The van der Waals surface area contributed by atoms with Crippen LogP contribution >= 0.6 is 11.3 Å². The van der Waals surface area contributed by atoms with Crippen LogP contribution in [-0.4, -0.2) is 23.5 Å². The first-order valence-electron chi connectivity index (χ1n) is 8.71. The van der Waals surface area contributed by atoms with Crippen LogP contribution in [0.25, 0.3) is 21.0 Å². The van der Waals surface area contributed by atoms with Crippen LogP contribution in [0.5, 0.6) is 0 Å². The molecule has 0 aliphatic heterocycles. The first-order valence-corrected chi connectivity index (χ1v) is 9.53. The summed E-state index contributed by atoms with van der Waals surface area (Å²) in [6, 6.07) is 11.6. The normalized spacial score (nSPS) is 20.7. The molecule has 1 aromatic carbocycles. The van der Waals surface area contributed by atoms with Crippen molar-refractivity contribution < 1.29 is 9.21 Å². The molecule has 1 aliphatic rings. The van der Waals surface area contributed by atoms with E-state index in [1.165, 1.54) is 6.42 Å². The first kappa shape index (κ1) is 16.3. The Kier molecular flexibility index (Phi) is 4.55. The standard InChI is InChI=1S/C19H21N3O2S/c20-11-12-5-1-2-6-13(12)21-18(23)15-9-10-16(24-15)19-22-14-7-3-4-8-17(14)25-19/h3-4,7-10,12-13H,1-2,5-6,11,20H2,(H,21,23). The molecule has 6 heteroatoms. The lowest BCUT2D eigenvalue weighted by atomic mass is 9.84. The summed E-state index contributed by atoms with van der Waals surface area (Å²) in [5.41, 5.74) is 6.79. The van der Waals surface area contributed by atoms with Crippen molar-refractivity contribution in [3.63, 3.8) is 0 Å². The van der Waals surface area contributed by atoms with Gasteiger partial charge in [-0.15, -0.1) is 11.3 Å². The van der Waals surface area contributed by atoms with Crippen molar-refractivity contribution in [1.29, 1.82) is 0 Å². The molecule has 0 bridgehead atoms. The monoisotopic (exact) mass is 355 g/mol. The molecule has 2 atom stereocenters. The number of thiazole rings is 1. The molecule has 1 fully saturated rings. The summed E-state index contributed by atoms with van der Waals surface area (Å²) >= 11 is 1.56. The number of hydrogen-bond donors (Lipinski definition) is 2. The fourth-order valence-electron chi connectivity index (χ4n) is 3.47. The highest BCUT2D eigenvalue weighted by atomic mass is 32.1. The fraction of sp³-hybridized carbons (Fsp3) is 0.368. The molecule has 5 nitrogen and oxygen atoms in total. The van der Waals surface area contributed by atoms with E-state index in [9.17, 15) is 4.79 Å². The Morgan fingerprint density at radius 3 is 2.92 bits per heavy atom. The number of amides is 1. The van der Waals surface area contributed by atoms with Gasteiger partial charge in [-0.1, -0.05) is 25.0 Å². The van der Waals surface area contributed by atoms with Crippen molar-refractivity contribution >= 4 is 27.5 Å². The summed E-state index contributed by atoms with van der Waals surface area (Å²) in [6.07, 6.45) is 4.39. The predicted molar refractivity (Wildman–Crippen MR) is 99.6 cm³/mol. The number of fused-ring (bicyclic) bond motifs is 1. The van der Waals surface area contributed by atoms with Gasteiger partial charge < -0.3 is 15.5 Å². The Bertz CT molecular complexity index is 853. The average molecular weight is 355 g/mol. The Hall–Kier alpha value is -2.18. The smallest absolute Gasteiger partial charge is 0.287 e. The molecule has 0 spiro atoms. The molecule has 130 valence electrons. The Labute approximate surface area is 150 Å². The van der Waals surface area contributed by atoms with Gasteiger partial charge in [0.25, 0.3) is 5.91 Å². The number of hydrogen-bond acceptors (Lipinski definition) is 5. The van der Waals surface area contributed by atoms with Crippen LogP contribution in [0.15, 0.2) is 40.8 Å². The summed E-state index contributed by atoms with van der Waals surface area (Å²) in [7, 11) is 0. The summed E-state index contributed by atoms with van der Waals surface area (Å²) in [6.45, 7) is 0.611. The predicted octanol–water partition coefficient (Wildman–Crippen LogP) is 3.80. The average Bonchev–Trinajstić information content (AvgIpc) is 3.29. The van der Waals surface area contributed by atoms with Crippen LogP contribution < -0.4 is 11.1 Å². The minimum Gasteiger partial charge on any atom is -0.448 e. The lowest BCUT2D eigenvalue weighted by Gasteiger charge is -2.30. The van der Waals surface area contributed by atoms with E-state index in [0.717, 1.165) is 34.5 Å². The number of nitrogens with zero attached hydrogens (tertiary/aromatic N) is 1. The number of carbonyl (C=O) groups is 1. The minimum absolute atomic E-state index is 0.141. The van der Waals surface area contributed by atoms with Crippen LogP contribution in [0.4, 0.5) is 0 Å². The van der Waals surface area contributed by atoms with E-state index >= 15 is 0 Å². The van der Waals surface area contributed by atoms with Gasteiger partial charge in [0.15, 0.2) is 16.5 Å². The molecular weight excluding hydrogens is 334 g/mol. The van der Waals surface area contributed by atoms with E-state index in [1.807, 2.05) is 30.3 Å². The molecule has 4 rings (SSSR count). The third kappa shape index (κ3) is 3.32. The molecule has 3 aromatic rings. The van der Waals surface area contributed by atoms with Gasteiger partial charge in [-0.05, 0) is 49.6 Å². The van der Waals surface area contributed by atoms with Crippen molar-refractivity contribution in [2.45, 2.75) is 31.7 Å². The molecule has 1 aliphatic carbocycles. The minimum atomic E-state index is -0.169. The molecule has 1 saturated carbocycles. The van der Waals surface area contributed by atoms with Crippen molar-refractivity contribution in [2.24, 2.45) is 11.7 Å². The van der Waals surface area contributed by atoms with Crippen molar-refractivity contribution in [3.05, 3.63) is 42.2 Å². The van der Waals surface area contributed by atoms with E-state index in [-0.39, 0.29) is 11.9 Å². The maximum Gasteiger partial charge on any atom is 0.287 e. The summed E-state index contributed by atoms with van der Waals surface area (Å²) in [5, 5.41) is 3.89. The topological polar surface area (TPSA) is 81.1 Å². The first-order chi connectivity index (χ1) is 12.2. The molecule has 2 unspecified atom stereocenters. The van der Waals surface area contributed by atoms with Gasteiger partial charge >= 0.3 is 0 Å². The zero-order valence-electron chi connectivity index (χ0n) is 13.9. The van der Waals surface area contributed by atoms with Gasteiger partial charge in [0.05, 0.1) is 10.2 Å². The van der Waals surface area contributed by atoms with Gasteiger partial charge in [0.2, 0.25) is 0 Å². The molecule has 25 heavy (non-hydrogen) atoms. The Morgan fingerprint density at radius 1 is 1.24 bits per heavy atom. The van der Waals surface area contributed by atoms with Crippen molar-refractivity contribution in [1.82, 2.24) is 10.3 Å². The quantitative estimate of drug-likeness (QED) is 0.746. The van der Waals surface area contributed by atoms with Crippen molar-refractivity contribution in [2.75, 3.05) is 6.54 Å². The van der Waals surface area contributed by atoms with Crippen molar-refractivity contribution in [3.8, 4) is 10.8 Å². The van der Waals surface area contributed by atoms with Gasteiger partial charge in [-0.3, -0.25) is 4.79 Å². The molecule has 0 saturated heterocycles. The third-order valence-corrected chi connectivity index (χ3v) is 5.91. The molecular formula is C19H21N3O2S. The second kappa shape index (κ2) is 6.98. The number of benzene rings is 1. The lowest BCUT2D eigenvalue weighted by molar-refractivity contribution is 0.0880. The highest BCUT2D eigenvalue weighted by Gasteiger charge is 2.26. The SMILES string of the molecule is NCC1CCCCC1NC(=O)c1ccc(-c2nc3ccccc3s2)o1. The van der Waals surface area contributed by atoms with E-state index in [2.05, 4.69) is 10.3 Å². The van der Waals surface area contributed by atoms with Crippen LogP contribution in [-0.2, 0) is 0 Å². The number of para-hydroxylation sites is 1. The van der Waals surface area contributed by atoms with Gasteiger partial charge in [0.1, 0.15) is 0 Å². The zero-order chi connectivity index (χ0) is 17.2. The number of rotatable bonds is 4. The number of furan rings is 1. The second-order valence-electron chi connectivity index (χ2n) is 6.51. The zero-order valence-corrected chi connectivity index (χ0v) is 14.7. The summed E-state index contributed by atoms with van der Waals surface area (Å²) in [5.74, 6) is 1.15. The van der Waals surface area contributed by atoms with E-state index in [1.54, 1.807) is 17.4 Å². The van der Waals surface area contributed by atoms with Gasteiger partial charge in [-0.2, -0.15) is 0 Å². The fourth-order valence-corrected chi connectivity index (χ4v) is 4.40. The third-order valence-electron chi connectivity index (χ3n) is 4.86. The van der Waals surface area contributed by atoms with E-state index in [0.29, 0.717) is 24.0 Å². The number of carbonyl (C=O) groups excluding carboxylic acids is 1. The van der Waals surface area contributed by atoms with Crippen LogP contribution in [0.1, 0.15) is 36.2 Å². The van der Waals surface area contributed by atoms with E-state index < -0.39 is 0 Å². The highest BCUT2D eigenvalue weighted by Crippen LogP contribution is 2.31. The van der Waals surface area contributed by atoms with Crippen LogP contribution in [0.2, 0.25) is 0 Å². The van der Waals surface area contributed by atoms with Gasteiger partial charge in [0, 0.05) is 6.04 Å². The van der Waals surface area contributed by atoms with Crippen LogP contribution in [0, 0.1) is 5.92 Å². The maximum absolute atomic E-state index is 12.5. The Morgan fingerprint density at radius 2 is 2.08 bits per heavy atom. The largest absolute Gasteiger partial charge is 0.448 e. The van der Waals surface area contributed by atoms with Gasteiger partial charge in [-0.25, -0.2) is 4.98 Å². The molecule has 1 amide bonds. The number of aromatic nitrogens is 1. The van der Waals surface area contributed by atoms with Crippen LogP contribution in [0.3, 0.4) is 0 Å². The van der Waals surface area contributed by atoms with E-state index in [4.69, 9.17) is 10.2 Å². The molecule has 2 aromatic heterocycles. The summed E-state index contributed by atoms with van der Waals surface area (Å²) < 4.78 is 6.88. The lowest BCUT2D eigenvalue weighted by Crippen LogP contribution is -2.44. The second-order valence-corrected chi connectivity index (χ2v) is 7.54. The number of nitrogens with one attached hydrogen (secondary N) is 1. The summed E-state index contributed by atoms with van der Waals surface area (Å²) in [4.78, 5) is 17.1. The molecule has 2 heterocycles. The maximum atomic E-state index is 12.5. The molecule has 0 radical (unpaired) electrons.